The molecule has 2 heterocycles. The van der Waals surface area contributed by atoms with E-state index in [1.54, 1.807) is 35.4 Å². The number of nitrogens with one attached hydrogen (secondary N) is 1. The Morgan fingerprint density at radius 2 is 1.71 bits per heavy atom. The number of anilines is 2. The number of hydrogen-bond acceptors (Lipinski definition) is 4. The SMILES string of the molecule is O=C(Nc1ccccc1Cl)C(=O)N1CCN(c2ccccn2)CC1. The van der Waals surface area contributed by atoms with Gasteiger partial charge in [0.25, 0.3) is 0 Å². The van der Waals surface area contributed by atoms with Crippen molar-refractivity contribution in [1.29, 1.82) is 0 Å². The maximum atomic E-state index is 12.3. The van der Waals surface area contributed by atoms with Gasteiger partial charge in [-0.25, -0.2) is 4.98 Å². The lowest BCUT2D eigenvalue weighted by atomic mass is 10.2. The third-order valence-electron chi connectivity index (χ3n) is 3.86. The number of piperazine rings is 1. The van der Waals surface area contributed by atoms with Crippen LogP contribution in [0.5, 0.6) is 0 Å². The van der Waals surface area contributed by atoms with Crippen molar-refractivity contribution in [3.8, 4) is 0 Å². The van der Waals surface area contributed by atoms with Crippen LogP contribution in [0.1, 0.15) is 0 Å². The lowest BCUT2D eigenvalue weighted by molar-refractivity contribution is -0.143. The predicted octanol–water partition coefficient (Wildman–Crippen LogP) is 2.02. The smallest absolute Gasteiger partial charge is 0.313 e. The summed E-state index contributed by atoms with van der Waals surface area (Å²) in [5.74, 6) is -0.338. The highest BCUT2D eigenvalue weighted by atomic mass is 35.5. The van der Waals surface area contributed by atoms with Crippen LogP contribution in [0.3, 0.4) is 0 Å². The second-order valence-corrected chi connectivity index (χ2v) is 5.81. The average Bonchev–Trinajstić information content (AvgIpc) is 2.64. The van der Waals surface area contributed by atoms with Gasteiger partial charge in [0.2, 0.25) is 0 Å². The van der Waals surface area contributed by atoms with E-state index in [0.717, 1.165) is 5.82 Å². The Morgan fingerprint density at radius 3 is 2.38 bits per heavy atom. The summed E-state index contributed by atoms with van der Waals surface area (Å²) in [5.41, 5.74) is 0.435. The van der Waals surface area contributed by atoms with Crippen LogP contribution in [-0.2, 0) is 9.59 Å². The van der Waals surface area contributed by atoms with Crippen molar-refractivity contribution in [2.24, 2.45) is 0 Å². The van der Waals surface area contributed by atoms with E-state index in [0.29, 0.717) is 36.9 Å². The molecule has 124 valence electrons. The fraction of sp³-hybridized carbons (Fsp3) is 0.235. The van der Waals surface area contributed by atoms with E-state index in [9.17, 15) is 9.59 Å². The number of carbonyl (C=O) groups is 2. The number of aromatic nitrogens is 1. The molecule has 1 saturated heterocycles. The van der Waals surface area contributed by atoms with Gasteiger partial charge in [-0.2, -0.15) is 0 Å². The van der Waals surface area contributed by atoms with Crippen LogP contribution in [0, 0.1) is 0 Å². The lowest BCUT2D eigenvalue weighted by Crippen LogP contribution is -2.51. The van der Waals surface area contributed by atoms with Gasteiger partial charge >= 0.3 is 11.8 Å². The minimum Gasteiger partial charge on any atom is -0.353 e. The van der Waals surface area contributed by atoms with Crippen molar-refractivity contribution < 1.29 is 9.59 Å². The molecule has 1 aliphatic rings. The normalized spacial score (nSPS) is 14.4. The number of benzene rings is 1. The van der Waals surface area contributed by atoms with Crippen LogP contribution in [0.2, 0.25) is 5.02 Å². The molecule has 1 aromatic carbocycles. The molecule has 1 fully saturated rings. The molecule has 3 rings (SSSR count). The first-order valence-electron chi connectivity index (χ1n) is 7.66. The number of nitrogens with zero attached hydrogens (tertiary/aromatic N) is 3. The number of rotatable bonds is 2. The molecular weight excluding hydrogens is 328 g/mol. The molecule has 24 heavy (non-hydrogen) atoms. The third-order valence-corrected chi connectivity index (χ3v) is 4.19. The average molecular weight is 345 g/mol. The first kappa shape index (κ1) is 16.3. The second kappa shape index (κ2) is 7.31. The van der Waals surface area contributed by atoms with Crippen molar-refractivity contribution in [1.82, 2.24) is 9.88 Å². The maximum Gasteiger partial charge on any atom is 0.313 e. The number of halogens is 1. The highest BCUT2D eigenvalue weighted by Gasteiger charge is 2.26. The Balaban J connectivity index is 1.57. The molecule has 1 aromatic heterocycles. The van der Waals surface area contributed by atoms with Crippen LogP contribution in [-0.4, -0.2) is 47.9 Å². The van der Waals surface area contributed by atoms with E-state index < -0.39 is 11.8 Å². The lowest BCUT2D eigenvalue weighted by Gasteiger charge is -2.35. The topological polar surface area (TPSA) is 65.5 Å². The van der Waals surface area contributed by atoms with Gasteiger partial charge in [-0.05, 0) is 24.3 Å². The summed E-state index contributed by atoms with van der Waals surface area (Å²) in [6, 6.07) is 12.6. The Hall–Kier alpha value is -2.60. The highest BCUT2D eigenvalue weighted by molar-refractivity contribution is 6.41. The second-order valence-electron chi connectivity index (χ2n) is 5.40. The maximum absolute atomic E-state index is 12.3. The van der Waals surface area contributed by atoms with E-state index in [-0.39, 0.29) is 0 Å². The summed E-state index contributed by atoms with van der Waals surface area (Å²) in [6.07, 6.45) is 1.74. The van der Waals surface area contributed by atoms with Crippen molar-refractivity contribution in [2.75, 3.05) is 36.4 Å². The van der Waals surface area contributed by atoms with E-state index in [1.165, 1.54) is 0 Å². The molecule has 2 amide bonds. The standard InChI is InChI=1S/C17H17ClN4O2/c18-13-5-1-2-6-14(13)20-16(23)17(24)22-11-9-21(10-12-22)15-7-3-4-8-19-15/h1-8H,9-12H2,(H,20,23). The molecule has 0 saturated carbocycles. The Bertz CT molecular complexity index is 730. The molecule has 0 bridgehead atoms. The molecule has 0 unspecified atom stereocenters. The van der Waals surface area contributed by atoms with Gasteiger partial charge in [0.1, 0.15) is 5.82 Å². The Morgan fingerprint density at radius 1 is 1.00 bits per heavy atom. The van der Waals surface area contributed by atoms with Gasteiger partial charge in [-0.1, -0.05) is 29.8 Å². The summed E-state index contributed by atoms with van der Waals surface area (Å²) in [6.45, 7) is 2.24. The summed E-state index contributed by atoms with van der Waals surface area (Å²) in [5, 5.41) is 2.96. The quantitative estimate of drug-likeness (QED) is 0.846. The van der Waals surface area contributed by atoms with Crippen LogP contribution >= 0.6 is 11.6 Å². The molecule has 0 atom stereocenters. The first-order valence-corrected chi connectivity index (χ1v) is 8.04. The largest absolute Gasteiger partial charge is 0.353 e. The van der Waals surface area contributed by atoms with Gasteiger partial charge in [-0.3, -0.25) is 9.59 Å². The van der Waals surface area contributed by atoms with E-state index >= 15 is 0 Å². The van der Waals surface area contributed by atoms with Gasteiger partial charge in [0.15, 0.2) is 0 Å². The number of hydrogen-bond donors (Lipinski definition) is 1. The van der Waals surface area contributed by atoms with Crippen LogP contribution in [0.15, 0.2) is 48.7 Å². The molecule has 0 radical (unpaired) electrons. The summed E-state index contributed by atoms with van der Waals surface area (Å²) < 4.78 is 0. The molecule has 6 nitrogen and oxygen atoms in total. The molecule has 1 N–H and O–H groups in total. The number of pyridine rings is 1. The predicted molar refractivity (Wildman–Crippen MR) is 93.1 cm³/mol. The molecule has 0 aliphatic carbocycles. The summed E-state index contributed by atoms with van der Waals surface area (Å²) in [7, 11) is 0. The van der Waals surface area contributed by atoms with Crippen LogP contribution in [0.4, 0.5) is 11.5 Å². The van der Waals surface area contributed by atoms with Crippen LogP contribution < -0.4 is 10.2 Å². The van der Waals surface area contributed by atoms with E-state index in [2.05, 4.69) is 15.2 Å². The van der Waals surface area contributed by atoms with Crippen molar-refractivity contribution in [2.45, 2.75) is 0 Å². The van der Waals surface area contributed by atoms with Crippen LogP contribution in [0.25, 0.3) is 0 Å². The monoisotopic (exact) mass is 344 g/mol. The minimum atomic E-state index is -0.672. The van der Waals surface area contributed by atoms with Crippen molar-refractivity contribution in [3.05, 3.63) is 53.7 Å². The van der Waals surface area contributed by atoms with Gasteiger partial charge in [-0.15, -0.1) is 0 Å². The molecule has 7 heteroatoms. The zero-order valence-electron chi connectivity index (χ0n) is 13.0. The zero-order chi connectivity index (χ0) is 16.9. The van der Waals surface area contributed by atoms with E-state index in [4.69, 9.17) is 11.6 Å². The number of carbonyl (C=O) groups excluding carboxylic acids is 2. The number of amides is 2. The summed E-state index contributed by atoms with van der Waals surface area (Å²) in [4.78, 5) is 32.4. The fourth-order valence-corrected chi connectivity index (χ4v) is 2.74. The Labute approximate surface area is 145 Å². The van der Waals surface area contributed by atoms with Gasteiger partial charge < -0.3 is 15.1 Å². The van der Waals surface area contributed by atoms with E-state index in [1.807, 2.05) is 18.2 Å². The van der Waals surface area contributed by atoms with Crippen molar-refractivity contribution >= 4 is 34.9 Å². The molecule has 1 aliphatic heterocycles. The molecule has 2 aromatic rings. The van der Waals surface area contributed by atoms with Gasteiger partial charge in [0.05, 0.1) is 10.7 Å². The zero-order valence-corrected chi connectivity index (χ0v) is 13.7. The van der Waals surface area contributed by atoms with Gasteiger partial charge in [0, 0.05) is 32.4 Å². The Kier molecular flexibility index (Phi) is 4.96. The molecule has 0 spiro atoms. The number of para-hydroxylation sites is 1. The highest BCUT2D eigenvalue weighted by Crippen LogP contribution is 2.20. The fourth-order valence-electron chi connectivity index (χ4n) is 2.56. The summed E-state index contributed by atoms with van der Waals surface area (Å²) >= 11 is 5.99. The third kappa shape index (κ3) is 3.65. The van der Waals surface area contributed by atoms with Crippen molar-refractivity contribution in [3.63, 3.8) is 0 Å². The minimum absolute atomic E-state index is 0.402. The first-order chi connectivity index (χ1) is 11.6. The molecular formula is C17H17ClN4O2.